The molecular weight excluding hydrogens is 400 g/mol. The maximum Gasteiger partial charge on any atom is 0.234 e. The van der Waals surface area contributed by atoms with Crippen molar-refractivity contribution in [2.45, 2.75) is 28.0 Å². The lowest BCUT2D eigenvalue weighted by molar-refractivity contribution is -0.113. The number of thioether (sulfide) groups is 1. The van der Waals surface area contributed by atoms with Crippen molar-refractivity contribution in [3.63, 3.8) is 0 Å². The summed E-state index contributed by atoms with van der Waals surface area (Å²) in [7, 11) is -3.71. The quantitative estimate of drug-likeness (QED) is 0.603. The first-order valence-corrected chi connectivity index (χ1v) is 11.5. The molecule has 27 heavy (non-hydrogen) atoms. The van der Waals surface area contributed by atoms with Crippen molar-refractivity contribution in [1.29, 1.82) is 0 Å². The molecule has 2 aromatic carbocycles. The number of anilines is 1. The third-order valence-electron chi connectivity index (χ3n) is 3.84. The molecule has 1 heterocycles. The van der Waals surface area contributed by atoms with Gasteiger partial charge in [-0.3, -0.25) is 4.79 Å². The van der Waals surface area contributed by atoms with Crippen LogP contribution in [0.2, 0.25) is 0 Å². The van der Waals surface area contributed by atoms with Gasteiger partial charge in [0.05, 0.1) is 20.4 Å². The zero-order chi connectivity index (χ0) is 19.4. The lowest BCUT2D eigenvalue weighted by Crippen LogP contribution is -2.15. The number of rotatable bonds is 6. The van der Waals surface area contributed by atoms with Crippen LogP contribution in [-0.4, -0.2) is 25.1 Å². The third kappa shape index (κ3) is 4.58. The van der Waals surface area contributed by atoms with E-state index < -0.39 is 9.84 Å². The van der Waals surface area contributed by atoms with E-state index in [2.05, 4.69) is 10.3 Å². The average Bonchev–Trinajstić information content (AvgIpc) is 3.12. The summed E-state index contributed by atoms with van der Waals surface area (Å²) in [6, 6.07) is 14.1. The second kappa shape index (κ2) is 8.24. The van der Waals surface area contributed by atoms with Crippen LogP contribution in [0, 0.1) is 13.8 Å². The summed E-state index contributed by atoms with van der Waals surface area (Å²) < 4.78 is 26.2. The Morgan fingerprint density at radius 1 is 1.11 bits per heavy atom. The van der Waals surface area contributed by atoms with Crippen LogP contribution in [-0.2, 0) is 14.6 Å². The Kier molecular flexibility index (Phi) is 5.98. The number of sulfone groups is 1. The largest absolute Gasteiger partial charge is 0.325 e. The molecule has 1 amide bonds. The van der Waals surface area contributed by atoms with E-state index in [1.165, 1.54) is 28.6 Å². The highest BCUT2D eigenvalue weighted by atomic mass is 32.2. The summed E-state index contributed by atoms with van der Waals surface area (Å²) in [5.74, 6) is -0.0891. The van der Waals surface area contributed by atoms with Gasteiger partial charge in [-0.15, -0.1) is 23.1 Å². The van der Waals surface area contributed by atoms with E-state index in [1.54, 1.807) is 24.3 Å². The van der Waals surface area contributed by atoms with Crippen molar-refractivity contribution in [2.75, 3.05) is 11.1 Å². The van der Waals surface area contributed by atoms with Gasteiger partial charge in [0.15, 0.2) is 5.03 Å². The predicted octanol–water partition coefficient (Wildman–Crippen LogP) is 4.32. The number of hydrogen-bond donors (Lipinski definition) is 1. The van der Waals surface area contributed by atoms with Gasteiger partial charge in [-0.05, 0) is 37.6 Å². The minimum Gasteiger partial charge on any atom is -0.325 e. The van der Waals surface area contributed by atoms with E-state index in [4.69, 9.17) is 0 Å². The van der Waals surface area contributed by atoms with Crippen molar-refractivity contribution >= 4 is 44.5 Å². The zero-order valence-electron chi connectivity index (χ0n) is 14.8. The number of thiazole rings is 1. The number of nitrogens with one attached hydrogen (secondary N) is 1. The minimum absolute atomic E-state index is 0.00467. The number of hydrogen-bond acceptors (Lipinski definition) is 6. The summed E-state index contributed by atoms with van der Waals surface area (Å²) >= 11 is 2.39. The second-order valence-corrected chi connectivity index (χ2v) is 9.88. The SMILES string of the molecule is Cc1ccc(S(=O)(=O)c2ncsc2SCC(=O)Nc2ccccc2C)cc1. The number of para-hydroxylation sites is 1. The van der Waals surface area contributed by atoms with Crippen molar-refractivity contribution in [2.24, 2.45) is 0 Å². The maximum atomic E-state index is 12.8. The van der Waals surface area contributed by atoms with Gasteiger partial charge in [0.2, 0.25) is 15.7 Å². The number of nitrogens with zero attached hydrogens (tertiary/aromatic N) is 1. The van der Waals surface area contributed by atoms with E-state index in [9.17, 15) is 13.2 Å². The highest BCUT2D eigenvalue weighted by Crippen LogP contribution is 2.33. The summed E-state index contributed by atoms with van der Waals surface area (Å²) in [5.41, 5.74) is 4.19. The highest BCUT2D eigenvalue weighted by Gasteiger charge is 2.25. The van der Waals surface area contributed by atoms with Crippen LogP contribution in [0.1, 0.15) is 11.1 Å². The third-order valence-corrected chi connectivity index (χ3v) is 7.94. The topological polar surface area (TPSA) is 76.1 Å². The fraction of sp³-hybridized carbons (Fsp3) is 0.158. The van der Waals surface area contributed by atoms with Gasteiger partial charge in [-0.25, -0.2) is 13.4 Å². The molecule has 0 aliphatic carbocycles. The fourth-order valence-electron chi connectivity index (χ4n) is 2.36. The Bertz CT molecular complexity index is 1060. The molecule has 8 heteroatoms. The second-order valence-electron chi connectivity index (χ2n) is 5.91. The lowest BCUT2D eigenvalue weighted by atomic mass is 10.2. The van der Waals surface area contributed by atoms with E-state index in [0.717, 1.165) is 16.8 Å². The number of carbonyl (C=O) groups excluding carboxylic acids is 1. The van der Waals surface area contributed by atoms with E-state index >= 15 is 0 Å². The van der Waals surface area contributed by atoms with Crippen molar-refractivity contribution in [3.8, 4) is 0 Å². The Morgan fingerprint density at radius 2 is 1.81 bits per heavy atom. The van der Waals surface area contributed by atoms with Gasteiger partial charge in [0.1, 0.15) is 0 Å². The molecule has 0 atom stereocenters. The molecule has 0 spiro atoms. The van der Waals surface area contributed by atoms with Crippen LogP contribution >= 0.6 is 23.1 Å². The fourth-order valence-corrected chi connectivity index (χ4v) is 6.03. The van der Waals surface area contributed by atoms with Gasteiger partial charge in [0.25, 0.3) is 0 Å². The molecule has 0 aliphatic rings. The number of amides is 1. The summed E-state index contributed by atoms with van der Waals surface area (Å²) in [5, 5.41) is 2.85. The Hall–Kier alpha value is -2.16. The standard InChI is InChI=1S/C19H18N2O3S3/c1-13-7-9-15(10-8-13)27(23,24)18-19(26-12-20-18)25-11-17(22)21-16-6-4-3-5-14(16)2/h3-10,12H,11H2,1-2H3,(H,21,22). The van der Waals surface area contributed by atoms with Crippen LogP contribution in [0.5, 0.6) is 0 Å². The lowest BCUT2D eigenvalue weighted by Gasteiger charge is -2.08. The first-order valence-electron chi connectivity index (χ1n) is 8.11. The van der Waals surface area contributed by atoms with Gasteiger partial charge in [0, 0.05) is 5.69 Å². The first-order chi connectivity index (χ1) is 12.9. The molecule has 0 unspecified atom stereocenters. The van der Waals surface area contributed by atoms with E-state index in [-0.39, 0.29) is 21.6 Å². The van der Waals surface area contributed by atoms with Crippen molar-refractivity contribution in [1.82, 2.24) is 4.98 Å². The van der Waals surface area contributed by atoms with Crippen LogP contribution in [0.4, 0.5) is 5.69 Å². The van der Waals surface area contributed by atoms with E-state index in [0.29, 0.717) is 4.21 Å². The summed E-state index contributed by atoms with van der Waals surface area (Å²) in [6.45, 7) is 3.81. The molecule has 1 N–H and O–H groups in total. The Labute approximate surface area is 166 Å². The van der Waals surface area contributed by atoms with Crippen LogP contribution < -0.4 is 5.32 Å². The predicted molar refractivity (Wildman–Crippen MR) is 109 cm³/mol. The van der Waals surface area contributed by atoms with Crippen LogP contribution in [0.3, 0.4) is 0 Å². The molecule has 0 aliphatic heterocycles. The molecule has 0 fully saturated rings. The minimum atomic E-state index is -3.71. The van der Waals surface area contributed by atoms with Crippen molar-refractivity contribution < 1.29 is 13.2 Å². The number of aryl methyl sites for hydroxylation is 2. The highest BCUT2D eigenvalue weighted by molar-refractivity contribution is 8.02. The van der Waals surface area contributed by atoms with Crippen molar-refractivity contribution in [3.05, 3.63) is 65.2 Å². The average molecular weight is 419 g/mol. The molecule has 3 aromatic rings. The normalized spacial score (nSPS) is 11.3. The van der Waals surface area contributed by atoms with Gasteiger partial charge in [-0.1, -0.05) is 35.9 Å². The van der Waals surface area contributed by atoms with Gasteiger partial charge < -0.3 is 5.32 Å². The Morgan fingerprint density at radius 3 is 2.52 bits per heavy atom. The van der Waals surface area contributed by atoms with Crippen LogP contribution in [0.25, 0.3) is 0 Å². The zero-order valence-corrected chi connectivity index (χ0v) is 17.2. The number of aromatic nitrogens is 1. The molecule has 0 radical (unpaired) electrons. The summed E-state index contributed by atoms with van der Waals surface area (Å²) in [6.07, 6.45) is 0. The van der Waals surface area contributed by atoms with Gasteiger partial charge >= 0.3 is 0 Å². The first kappa shape index (κ1) is 19.6. The summed E-state index contributed by atoms with van der Waals surface area (Å²) in [4.78, 5) is 16.5. The van der Waals surface area contributed by atoms with E-state index in [1.807, 2.05) is 38.1 Å². The van der Waals surface area contributed by atoms with Crippen LogP contribution in [0.15, 0.2) is 68.2 Å². The number of benzene rings is 2. The molecule has 0 saturated carbocycles. The monoisotopic (exact) mass is 418 g/mol. The molecule has 140 valence electrons. The maximum absolute atomic E-state index is 12.8. The Balaban J connectivity index is 1.73. The molecule has 1 aromatic heterocycles. The molecule has 3 rings (SSSR count). The molecule has 0 bridgehead atoms. The smallest absolute Gasteiger partial charge is 0.234 e. The molecule has 0 saturated heterocycles. The molecule has 5 nitrogen and oxygen atoms in total. The van der Waals surface area contributed by atoms with Gasteiger partial charge in [-0.2, -0.15) is 0 Å². The molecular formula is C19H18N2O3S3. The number of carbonyl (C=O) groups is 1.